The van der Waals surface area contributed by atoms with E-state index in [2.05, 4.69) is 138 Å². The van der Waals surface area contributed by atoms with Crippen LogP contribution in [0.3, 0.4) is 0 Å². The molecule has 8 aromatic carbocycles. The van der Waals surface area contributed by atoms with Gasteiger partial charge < -0.3 is 4.57 Å². The third-order valence-electron chi connectivity index (χ3n) is 9.99. The molecule has 0 aliphatic rings. The van der Waals surface area contributed by atoms with E-state index in [1.54, 1.807) is 0 Å². The first-order valence-electron chi connectivity index (χ1n) is 16.8. The van der Waals surface area contributed by atoms with Gasteiger partial charge >= 0.3 is 0 Å². The van der Waals surface area contributed by atoms with Crippen LogP contribution in [0, 0.1) is 22.7 Å². The predicted molar refractivity (Wildman–Crippen MR) is 205 cm³/mol. The van der Waals surface area contributed by atoms with E-state index >= 15 is 0 Å². The van der Waals surface area contributed by atoms with E-state index < -0.39 is 0 Å². The number of para-hydroxylation sites is 2. The summed E-state index contributed by atoms with van der Waals surface area (Å²) in [5.74, 6) is 0. The number of fused-ring (bicyclic) bond motifs is 5. The third-order valence-corrected chi connectivity index (χ3v) is 9.99. The maximum Gasteiger partial charge on any atom is 0.102 e. The van der Waals surface area contributed by atoms with Gasteiger partial charge in [-0.3, -0.25) is 0 Å². The number of nitriles is 2. The molecule has 0 aliphatic heterocycles. The van der Waals surface area contributed by atoms with Crippen molar-refractivity contribution in [3.8, 4) is 40.1 Å². The first-order chi connectivity index (χ1) is 24.8. The summed E-state index contributed by atoms with van der Waals surface area (Å²) in [7, 11) is 0. The second-order valence-corrected chi connectivity index (χ2v) is 12.6. The molecule has 50 heavy (non-hydrogen) atoms. The first-order valence-corrected chi connectivity index (χ1v) is 16.8. The van der Waals surface area contributed by atoms with E-state index in [1.165, 1.54) is 38.2 Å². The molecule has 0 bridgehead atoms. The molecule has 0 atom stereocenters. The molecule has 1 aromatic heterocycles. The monoisotopic (exact) mass is 635 g/mol. The highest BCUT2D eigenvalue weighted by molar-refractivity contribution is 6.15. The quantitative estimate of drug-likeness (QED) is 0.177. The minimum atomic E-state index is 0.539. The van der Waals surface area contributed by atoms with Gasteiger partial charge in [0.1, 0.15) is 6.07 Å². The Labute approximate surface area is 290 Å². The van der Waals surface area contributed by atoms with Gasteiger partial charge in [0, 0.05) is 21.9 Å². The van der Waals surface area contributed by atoms with Gasteiger partial charge in [0.05, 0.1) is 33.9 Å². The number of hydrogen-bond acceptors (Lipinski definition) is 2. The Balaban J connectivity index is 1.30. The normalized spacial score (nSPS) is 11.2. The van der Waals surface area contributed by atoms with E-state index in [-0.39, 0.29) is 0 Å². The molecule has 9 aromatic rings. The van der Waals surface area contributed by atoms with Gasteiger partial charge in [-0.1, -0.05) is 140 Å². The van der Waals surface area contributed by atoms with Gasteiger partial charge in [-0.15, -0.1) is 0 Å². The van der Waals surface area contributed by atoms with Crippen molar-refractivity contribution < 1.29 is 0 Å². The lowest BCUT2D eigenvalue weighted by molar-refractivity contribution is 1.16. The van der Waals surface area contributed by atoms with Crippen molar-refractivity contribution in [3.05, 3.63) is 186 Å². The van der Waals surface area contributed by atoms with Crippen LogP contribution in [-0.2, 0) is 6.42 Å². The Bertz CT molecular complexity index is 2750. The highest BCUT2D eigenvalue weighted by Gasteiger charge is 2.22. The zero-order valence-corrected chi connectivity index (χ0v) is 27.1. The molecule has 0 saturated heterocycles. The van der Waals surface area contributed by atoms with E-state index in [0.717, 1.165) is 44.2 Å². The lowest BCUT2D eigenvalue weighted by atomic mass is 9.84. The zero-order valence-electron chi connectivity index (χ0n) is 27.1. The molecule has 0 fully saturated rings. The Morgan fingerprint density at radius 2 is 0.980 bits per heavy atom. The molecule has 232 valence electrons. The summed E-state index contributed by atoms with van der Waals surface area (Å²) in [4.78, 5) is 0. The molecule has 3 heteroatoms. The standard InChI is InChI=1S/C47H29N3/c48-29-33-17-12-16-32(28-41-34-18-4-6-22-38(34)47(31-14-2-1-3-15-31)39-23-7-5-19-35(39)41)46(33)40-24-13-27-45(42(40)30-49)50-43-25-10-8-20-36(43)37-21-9-11-26-44(37)50/h1-27H,28H2. The number of rotatable bonds is 5. The number of hydrogen-bond donors (Lipinski definition) is 0. The predicted octanol–water partition coefficient (Wildman–Crippen LogP) is 11.8. The fraction of sp³-hybridized carbons (Fsp3) is 0.0213. The largest absolute Gasteiger partial charge is 0.308 e. The number of nitrogens with zero attached hydrogens (tertiary/aromatic N) is 3. The van der Waals surface area contributed by atoms with Crippen LogP contribution in [0.4, 0.5) is 0 Å². The molecular weight excluding hydrogens is 607 g/mol. The third kappa shape index (κ3) is 4.50. The SMILES string of the molecule is N#Cc1cccc(Cc2c3ccccc3c(-c3ccccc3)c3ccccc23)c1-c1cccc(-n2c3ccccc3c3ccccc32)c1C#N. The van der Waals surface area contributed by atoms with Crippen LogP contribution in [0.25, 0.3) is 71.3 Å². The highest BCUT2D eigenvalue weighted by Crippen LogP contribution is 2.42. The molecule has 0 amide bonds. The maximum atomic E-state index is 10.9. The Morgan fingerprint density at radius 1 is 0.440 bits per heavy atom. The molecule has 0 saturated carbocycles. The van der Waals surface area contributed by atoms with Crippen molar-refractivity contribution >= 4 is 43.4 Å². The molecule has 9 rings (SSSR count). The van der Waals surface area contributed by atoms with Crippen molar-refractivity contribution in [2.75, 3.05) is 0 Å². The minimum absolute atomic E-state index is 0.539. The number of benzene rings is 8. The summed E-state index contributed by atoms with van der Waals surface area (Å²) in [6, 6.07) is 61.5. The summed E-state index contributed by atoms with van der Waals surface area (Å²) in [6.07, 6.45) is 0.589. The highest BCUT2D eigenvalue weighted by atomic mass is 15.0. The Morgan fingerprint density at radius 3 is 1.58 bits per heavy atom. The number of aromatic nitrogens is 1. The minimum Gasteiger partial charge on any atom is -0.308 e. The molecule has 0 spiro atoms. The smallest absolute Gasteiger partial charge is 0.102 e. The van der Waals surface area contributed by atoms with Crippen LogP contribution in [0.2, 0.25) is 0 Å². The summed E-state index contributed by atoms with van der Waals surface area (Å²) < 4.78 is 2.19. The van der Waals surface area contributed by atoms with Gasteiger partial charge in [-0.2, -0.15) is 10.5 Å². The van der Waals surface area contributed by atoms with Gasteiger partial charge in [-0.05, 0) is 74.5 Å². The topological polar surface area (TPSA) is 52.5 Å². The van der Waals surface area contributed by atoms with Crippen LogP contribution in [-0.4, -0.2) is 4.57 Å². The van der Waals surface area contributed by atoms with Crippen LogP contribution >= 0.6 is 0 Å². The van der Waals surface area contributed by atoms with Gasteiger partial charge in [-0.25, -0.2) is 0 Å². The van der Waals surface area contributed by atoms with E-state index in [9.17, 15) is 10.5 Å². The second kappa shape index (κ2) is 11.9. The lowest BCUT2D eigenvalue weighted by Crippen LogP contribution is -2.03. The van der Waals surface area contributed by atoms with Gasteiger partial charge in [0.25, 0.3) is 0 Å². The fourth-order valence-electron chi connectivity index (χ4n) is 7.91. The van der Waals surface area contributed by atoms with Crippen LogP contribution < -0.4 is 0 Å². The van der Waals surface area contributed by atoms with E-state index in [1.807, 2.05) is 42.5 Å². The van der Waals surface area contributed by atoms with Crippen molar-refractivity contribution in [2.24, 2.45) is 0 Å². The molecule has 0 aliphatic carbocycles. The molecule has 1 heterocycles. The van der Waals surface area contributed by atoms with Crippen molar-refractivity contribution in [3.63, 3.8) is 0 Å². The average molecular weight is 636 g/mol. The van der Waals surface area contributed by atoms with Crippen molar-refractivity contribution in [2.45, 2.75) is 6.42 Å². The van der Waals surface area contributed by atoms with Crippen LogP contribution in [0.5, 0.6) is 0 Å². The Kier molecular flexibility index (Phi) is 6.98. The van der Waals surface area contributed by atoms with Crippen LogP contribution in [0.1, 0.15) is 22.3 Å². The zero-order chi connectivity index (χ0) is 33.6. The van der Waals surface area contributed by atoms with Crippen molar-refractivity contribution in [1.82, 2.24) is 4.57 Å². The second-order valence-electron chi connectivity index (χ2n) is 12.6. The maximum absolute atomic E-state index is 10.9. The molecular formula is C47H29N3. The van der Waals surface area contributed by atoms with E-state index in [0.29, 0.717) is 17.5 Å². The molecule has 0 radical (unpaired) electrons. The molecule has 0 N–H and O–H groups in total. The molecule has 3 nitrogen and oxygen atoms in total. The average Bonchev–Trinajstić information content (AvgIpc) is 3.52. The summed E-state index contributed by atoms with van der Waals surface area (Å²) in [6.45, 7) is 0. The summed E-state index contributed by atoms with van der Waals surface area (Å²) >= 11 is 0. The van der Waals surface area contributed by atoms with Crippen molar-refractivity contribution in [1.29, 1.82) is 10.5 Å². The lowest BCUT2D eigenvalue weighted by Gasteiger charge is -2.20. The molecule has 0 unspecified atom stereocenters. The van der Waals surface area contributed by atoms with Gasteiger partial charge in [0.15, 0.2) is 0 Å². The Hall–Kier alpha value is -6.94. The fourth-order valence-corrected chi connectivity index (χ4v) is 7.91. The summed E-state index contributed by atoms with van der Waals surface area (Å²) in [5, 5.41) is 28.5. The van der Waals surface area contributed by atoms with Gasteiger partial charge in [0.2, 0.25) is 0 Å². The first kappa shape index (κ1) is 29.2. The van der Waals surface area contributed by atoms with E-state index in [4.69, 9.17) is 0 Å². The van der Waals surface area contributed by atoms with Crippen LogP contribution in [0.15, 0.2) is 164 Å². The summed E-state index contributed by atoms with van der Waals surface area (Å²) in [5.41, 5.74) is 10.1.